The van der Waals surface area contributed by atoms with Gasteiger partial charge in [0, 0.05) is 20.1 Å². The summed E-state index contributed by atoms with van der Waals surface area (Å²) in [6.45, 7) is 6.00. The Kier molecular flexibility index (Phi) is 6.46. The molecule has 3 nitrogen and oxygen atoms in total. The number of nitrogens with zero attached hydrogens (tertiary/aromatic N) is 3. The zero-order chi connectivity index (χ0) is 22.0. The van der Waals surface area contributed by atoms with Crippen LogP contribution in [0.25, 0.3) is 44.3 Å². The van der Waals surface area contributed by atoms with E-state index in [2.05, 4.69) is 79.3 Å². The minimum atomic E-state index is 0.170. The van der Waals surface area contributed by atoms with E-state index in [0.29, 0.717) is 11.6 Å². The van der Waals surface area contributed by atoms with Crippen LogP contribution in [0.2, 0.25) is 5.28 Å². The lowest BCUT2D eigenvalue weighted by Gasteiger charge is -2.11. The van der Waals surface area contributed by atoms with Gasteiger partial charge in [-0.1, -0.05) is 80.4 Å². The fourth-order valence-electron chi connectivity index (χ4n) is 3.51. The highest BCUT2D eigenvalue weighted by atomic mass is 79.9. The minimum Gasteiger partial charge on any atom is -0.208 e. The summed E-state index contributed by atoms with van der Waals surface area (Å²) in [5, 5.41) is 4.46. The normalized spacial score (nSPS) is 10.7. The first-order valence-electron chi connectivity index (χ1n) is 9.38. The van der Waals surface area contributed by atoms with Crippen LogP contribution in [0, 0.1) is 0 Å². The molecule has 0 aliphatic rings. The first kappa shape index (κ1) is 21.6. The SMILES string of the molecule is C=C.Clc1nc(-c2ccc(Br)c3ccccc23)nc(-c2ccc(Br)c3ccccc23)n1. The van der Waals surface area contributed by atoms with Gasteiger partial charge < -0.3 is 0 Å². The summed E-state index contributed by atoms with van der Waals surface area (Å²) in [4.78, 5) is 13.6. The van der Waals surface area contributed by atoms with Crippen LogP contribution >= 0.6 is 43.5 Å². The molecular weight excluding hydrogens is 538 g/mol. The lowest BCUT2D eigenvalue weighted by molar-refractivity contribution is 1.07. The van der Waals surface area contributed by atoms with Gasteiger partial charge in [-0.15, -0.1) is 13.2 Å². The van der Waals surface area contributed by atoms with Crippen molar-refractivity contribution >= 4 is 65.0 Å². The number of rotatable bonds is 2. The summed E-state index contributed by atoms with van der Waals surface area (Å²) in [5.74, 6) is 1.10. The van der Waals surface area contributed by atoms with E-state index in [4.69, 9.17) is 16.6 Å². The molecule has 5 rings (SSSR count). The van der Waals surface area contributed by atoms with E-state index in [1.165, 1.54) is 0 Å². The predicted molar refractivity (Wildman–Crippen MR) is 137 cm³/mol. The summed E-state index contributed by atoms with van der Waals surface area (Å²) in [6, 6.07) is 24.3. The molecule has 5 aromatic rings. The first-order chi connectivity index (χ1) is 15.1. The predicted octanol–water partition coefficient (Wildman–Crippen LogP) is 8.49. The molecule has 0 saturated carbocycles. The molecule has 0 aliphatic heterocycles. The summed E-state index contributed by atoms with van der Waals surface area (Å²) in [6.07, 6.45) is 0. The number of hydrogen-bond acceptors (Lipinski definition) is 3. The largest absolute Gasteiger partial charge is 0.226 e. The van der Waals surface area contributed by atoms with Crippen molar-refractivity contribution < 1.29 is 0 Å². The average Bonchev–Trinajstić information content (AvgIpc) is 2.81. The Labute approximate surface area is 202 Å². The van der Waals surface area contributed by atoms with Gasteiger partial charge in [0.05, 0.1) is 0 Å². The van der Waals surface area contributed by atoms with E-state index in [1.54, 1.807) is 0 Å². The monoisotopic (exact) mass is 551 g/mol. The van der Waals surface area contributed by atoms with Crippen molar-refractivity contribution in [3.63, 3.8) is 0 Å². The molecule has 0 atom stereocenters. The standard InChI is InChI=1S/C23H12Br2ClN3.C2H4/c24-19-11-9-17(13-5-1-3-7-15(13)19)21-27-22(29-23(26)28-21)18-10-12-20(25)16-8-4-2-6-14(16)18;1-2/h1-12H;1-2H2. The molecule has 0 aliphatic carbocycles. The van der Waals surface area contributed by atoms with Crippen molar-refractivity contribution in [1.82, 2.24) is 15.0 Å². The quantitative estimate of drug-likeness (QED) is 0.206. The highest BCUT2D eigenvalue weighted by molar-refractivity contribution is 9.11. The van der Waals surface area contributed by atoms with Crippen LogP contribution in [0.3, 0.4) is 0 Å². The van der Waals surface area contributed by atoms with E-state index in [-0.39, 0.29) is 5.28 Å². The molecular formula is C25H16Br2ClN3. The van der Waals surface area contributed by atoms with Gasteiger partial charge in [0.15, 0.2) is 11.6 Å². The topological polar surface area (TPSA) is 38.7 Å². The second-order valence-electron chi connectivity index (χ2n) is 6.53. The van der Waals surface area contributed by atoms with Crippen LogP contribution in [0.5, 0.6) is 0 Å². The van der Waals surface area contributed by atoms with Crippen LogP contribution in [0.1, 0.15) is 0 Å². The van der Waals surface area contributed by atoms with Crippen LogP contribution in [0.4, 0.5) is 0 Å². The summed E-state index contributed by atoms with van der Waals surface area (Å²) in [7, 11) is 0. The van der Waals surface area contributed by atoms with Crippen LogP contribution in [-0.4, -0.2) is 15.0 Å². The van der Waals surface area contributed by atoms with E-state index in [9.17, 15) is 0 Å². The molecule has 152 valence electrons. The number of aromatic nitrogens is 3. The average molecular weight is 554 g/mol. The van der Waals surface area contributed by atoms with Gasteiger partial charge in [0.2, 0.25) is 5.28 Å². The van der Waals surface area contributed by atoms with Crippen LogP contribution in [-0.2, 0) is 0 Å². The molecule has 0 fully saturated rings. The van der Waals surface area contributed by atoms with Crippen molar-refractivity contribution in [2.24, 2.45) is 0 Å². The molecule has 0 radical (unpaired) electrons. The molecule has 0 bridgehead atoms. The minimum absolute atomic E-state index is 0.170. The first-order valence-corrected chi connectivity index (χ1v) is 11.3. The molecule has 0 N–H and O–H groups in total. The van der Waals surface area contributed by atoms with Gasteiger partial charge >= 0.3 is 0 Å². The summed E-state index contributed by atoms with van der Waals surface area (Å²) >= 11 is 13.6. The maximum atomic E-state index is 6.33. The van der Waals surface area contributed by atoms with Gasteiger partial charge in [-0.05, 0) is 57.4 Å². The smallest absolute Gasteiger partial charge is 0.208 e. The third-order valence-corrected chi connectivity index (χ3v) is 6.38. The highest BCUT2D eigenvalue weighted by Gasteiger charge is 2.15. The molecule has 1 aromatic heterocycles. The molecule has 0 unspecified atom stereocenters. The van der Waals surface area contributed by atoms with E-state index < -0.39 is 0 Å². The van der Waals surface area contributed by atoms with Gasteiger partial charge in [-0.2, -0.15) is 9.97 Å². The molecule has 31 heavy (non-hydrogen) atoms. The molecule has 0 saturated heterocycles. The zero-order valence-corrected chi connectivity index (χ0v) is 20.2. The Morgan fingerprint density at radius 3 is 1.35 bits per heavy atom. The molecule has 0 spiro atoms. The summed E-state index contributed by atoms with van der Waals surface area (Å²) in [5.41, 5.74) is 1.83. The highest BCUT2D eigenvalue weighted by Crippen LogP contribution is 2.35. The lowest BCUT2D eigenvalue weighted by atomic mass is 10.0. The maximum Gasteiger partial charge on any atom is 0.226 e. The Hall–Kier alpha value is -2.60. The number of benzene rings is 4. The molecule has 6 heteroatoms. The lowest BCUT2D eigenvalue weighted by Crippen LogP contribution is -1.98. The van der Waals surface area contributed by atoms with Crippen molar-refractivity contribution in [2.75, 3.05) is 0 Å². The van der Waals surface area contributed by atoms with Crippen molar-refractivity contribution in [1.29, 1.82) is 0 Å². The second-order valence-corrected chi connectivity index (χ2v) is 8.58. The van der Waals surface area contributed by atoms with Crippen LogP contribution < -0.4 is 0 Å². The molecule has 1 heterocycles. The van der Waals surface area contributed by atoms with Gasteiger partial charge in [0.1, 0.15) is 0 Å². The fraction of sp³-hybridized carbons (Fsp3) is 0. The Bertz CT molecular complexity index is 1320. The van der Waals surface area contributed by atoms with Crippen molar-refractivity contribution in [3.8, 4) is 22.8 Å². The zero-order valence-electron chi connectivity index (χ0n) is 16.3. The second kappa shape index (κ2) is 9.27. The van der Waals surface area contributed by atoms with Gasteiger partial charge in [-0.3, -0.25) is 0 Å². The Morgan fingerprint density at radius 2 is 0.935 bits per heavy atom. The number of hydrogen-bond donors (Lipinski definition) is 0. The Morgan fingerprint density at radius 1 is 0.548 bits per heavy atom. The van der Waals surface area contributed by atoms with Crippen molar-refractivity contribution in [3.05, 3.63) is 100 Å². The van der Waals surface area contributed by atoms with E-state index in [1.807, 2.05) is 48.5 Å². The molecule has 4 aromatic carbocycles. The number of halogens is 3. The van der Waals surface area contributed by atoms with Gasteiger partial charge in [-0.25, -0.2) is 4.98 Å². The van der Waals surface area contributed by atoms with Crippen LogP contribution in [0.15, 0.2) is 94.9 Å². The van der Waals surface area contributed by atoms with Crippen molar-refractivity contribution in [2.45, 2.75) is 0 Å². The third kappa shape index (κ3) is 4.13. The molecule has 0 amide bonds. The maximum absolute atomic E-state index is 6.33. The Balaban J connectivity index is 0.00000112. The fourth-order valence-corrected chi connectivity index (χ4v) is 4.62. The van der Waals surface area contributed by atoms with E-state index >= 15 is 0 Å². The summed E-state index contributed by atoms with van der Waals surface area (Å²) < 4.78 is 2.05. The van der Waals surface area contributed by atoms with E-state index in [0.717, 1.165) is 41.6 Å². The number of fused-ring (bicyclic) bond motifs is 2. The van der Waals surface area contributed by atoms with Gasteiger partial charge in [0.25, 0.3) is 0 Å². The third-order valence-electron chi connectivity index (χ3n) is 4.83.